The molecule has 0 bridgehead atoms. The molecule has 2 aliphatic rings. The molecule has 0 saturated heterocycles. The lowest BCUT2D eigenvalue weighted by Crippen LogP contribution is -2.60. The van der Waals surface area contributed by atoms with Gasteiger partial charge in [-0.3, -0.25) is 9.59 Å². The molecular weight excluding hydrogens is 368 g/mol. The minimum Gasteiger partial charge on any atom is -0.377 e. The van der Waals surface area contributed by atoms with Gasteiger partial charge in [-0.2, -0.15) is 5.10 Å². The third-order valence-electron chi connectivity index (χ3n) is 6.94. The predicted octanol–water partition coefficient (Wildman–Crippen LogP) is 2.27. The Morgan fingerprint density at radius 1 is 1.34 bits per heavy atom. The van der Waals surface area contributed by atoms with E-state index in [4.69, 9.17) is 4.74 Å². The van der Waals surface area contributed by atoms with Crippen LogP contribution in [0.5, 0.6) is 0 Å². The normalized spacial score (nSPS) is 29.9. The summed E-state index contributed by atoms with van der Waals surface area (Å²) < 4.78 is 7.30. The number of nitrogens with zero attached hydrogens (tertiary/aromatic N) is 2. The van der Waals surface area contributed by atoms with E-state index < -0.39 is 0 Å². The lowest BCUT2D eigenvalue weighted by atomic mass is 9.58. The molecule has 2 aliphatic carbocycles. The maximum Gasteiger partial charge on any atom is 0.253 e. The number of carbonyl (C=O) groups excluding carboxylic acids is 2. The fraction of sp³-hybridized carbons (Fsp3) is 0.591. The second-order valence-electron chi connectivity index (χ2n) is 8.91. The zero-order chi connectivity index (χ0) is 20.8. The molecule has 2 N–H and O–H groups in total. The highest BCUT2D eigenvalue weighted by Crippen LogP contribution is 2.46. The van der Waals surface area contributed by atoms with Gasteiger partial charge in [0.1, 0.15) is 0 Å². The number of rotatable bonds is 7. The van der Waals surface area contributed by atoms with Crippen molar-refractivity contribution in [3.05, 3.63) is 36.2 Å². The molecule has 7 heteroatoms. The quantitative estimate of drug-likeness (QED) is 0.749. The van der Waals surface area contributed by atoms with E-state index in [0.29, 0.717) is 30.6 Å². The number of pyridine rings is 1. The van der Waals surface area contributed by atoms with Crippen LogP contribution in [0.25, 0.3) is 5.52 Å². The topological polar surface area (TPSA) is 84.7 Å². The molecule has 2 saturated carbocycles. The van der Waals surface area contributed by atoms with Gasteiger partial charge < -0.3 is 15.4 Å². The van der Waals surface area contributed by atoms with Gasteiger partial charge in [-0.05, 0) is 48.8 Å². The van der Waals surface area contributed by atoms with Crippen molar-refractivity contribution in [3.63, 3.8) is 0 Å². The standard InChI is InChI=1S/C22H30N4O3/c1-5-29-19-13(2)18(19)21(28)23-12-14-11-17(22(14,3)4)25-20(27)15-7-6-10-26-16(15)8-9-24-26/h6-10,13-14,17-19H,5,11-12H2,1-4H3,(H,23,28)(H,25,27). The molecule has 29 heavy (non-hydrogen) atoms. The Morgan fingerprint density at radius 3 is 2.86 bits per heavy atom. The first kappa shape index (κ1) is 19.9. The second kappa shape index (κ2) is 7.44. The van der Waals surface area contributed by atoms with Crippen molar-refractivity contribution in [3.8, 4) is 0 Å². The molecule has 0 spiro atoms. The van der Waals surface area contributed by atoms with E-state index in [1.807, 2.05) is 31.3 Å². The molecule has 2 aromatic rings. The first-order valence-electron chi connectivity index (χ1n) is 10.5. The van der Waals surface area contributed by atoms with Crippen molar-refractivity contribution in [2.45, 2.75) is 46.3 Å². The van der Waals surface area contributed by atoms with Crippen LogP contribution < -0.4 is 10.6 Å². The smallest absolute Gasteiger partial charge is 0.253 e. The molecule has 2 aromatic heterocycles. The molecule has 5 unspecified atom stereocenters. The van der Waals surface area contributed by atoms with Crippen LogP contribution in [0.2, 0.25) is 0 Å². The monoisotopic (exact) mass is 398 g/mol. The summed E-state index contributed by atoms with van der Waals surface area (Å²) >= 11 is 0. The molecule has 4 rings (SSSR count). The lowest BCUT2D eigenvalue weighted by Gasteiger charge is -2.52. The van der Waals surface area contributed by atoms with Crippen LogP contribution in [0.4, 0.5) is 0 Å². The summed E-state index contributed by atoms with van der Waals surface area (Å²) in [7, 11) is 0. The van der Waals surface area contributed by atoms with Gasteiger partial charge >= 0.3 is 0 Å². The number of nitrogens with one attached hydrogen (secondary N) is 2. The van der Waals surface area contributed by atoms with Gasteiger partial charge in [0.2, 0.25) is 5.91 Å². The van der Waals surface area contributed by atoms with Crippen LogP contribution in [0.1, 0.15) is 44.5 Å². The first-order valence-corrected chi connectivity index (χ1v) is 10.5. The molecule has 7 nitrogen and oxygen atoms in total. The average Bonchev–Trinajstić information content (AvgIpc) is 3.11. The van der Waals surface area contributed by atoms with E-state index in [-0.39, 0.29) is 35.3 Å². The Kier molecular flexibility index (Phi) is 5.11. The summed E-state index contributed by atoms with van der Waals surface area (Å²) in [4.78, 5) is 25.2. The summed E-state index contributed by atoms with van der Waals surface area (Å²) in [6.07, 6.45) is 4.44. The molecule has 0 aliphatic heterocycles. The maximum absolute atomic E-state index is 12.8. The summed E-state index contributed by atoms with van der Waals surface area (Å²) in [6, 6.07) is 5.57. The minimum absolute atomic E-state index is 0.0233. The number of ether oxygens (including phenoxy) is 1. The Hall–Kier alpha value is -2.41. The van der Waals surface area contributed by atoms with Crippen LogP contribution in [0.15, 0.2) is 30.6 Å². The molecule has 0 aromatic carbocycles. The fourth-order valence-corrected chi connectivity index (χ4v) is 4.59. The Morgan fingerprint density at radius 2 is 2.14 bits per heavy atom. The first-order chi connectivity index (χ1) is 13.8. The van der Waals surface area contributed by atoms with E-state index in [2.05, 4.69) is 36.5 Å². The van der Waals surface area contributed by atoms with E-state index in [1.165, 1.54) is 0 Å². The van der Waals surface area contributed by atoms with E-state index >= 15 is 0 Å². The summed E-state index contributed by atoms with van der Waals surface area (Å²) in [5.74, 6) is 0.615. The van der Waals surface area contributed by atoms with Crippen molar-refractivity contribution < 1.29 is 14.3 Å². The number of aromatic nitrogens is 2. The van der Waals surface area contributed by atoms with E-state index in [0.717, 1.165) is 11.9 Å². The van der Waals surface area contributed by atoms with Crippen molar-refractivity contribution >= 4 is 17.3 Å². The van der Waals surface area contributed by atoms with Gasteiger partial charge in [-0.25, -0.2) is 4.52 Å². The van der Waals surface area contributed by atoms with Crippen LogP contribution in [0, 0.1) is 23.2 Å². The van der Waals surface area contributed by atoms with Gasteiger partial charge in [-0.1, -0.05) is 20.8 Å². The van der Waals surface area contributed by atoms with E-state index in [1.54, 1.807) is 10.7 Å². The van der Waals surface area contributed by atoms with Crippen molar-refractivity contribution in [2.75, 3.05) is 13.2 Å². The van der Waals surface area contributed by atoms with Gasteiger partial charge in [0.05, 0.1) is 29.3 Å². The second-order valence-corrected chi connectivity index (χ2v) is 8.91. The van der Waals surface area contributed by atoms with E-state index in [9.17, 15) is 9.59 Å². The van der Waals surface area contributed by atoms with Crippen molar-refractivity contribution in [1.82, 2.24) is 20.2 Å². The van der Waals surface area contributed by atoms with Crippen LogP contribution in [-0.4, -0.2) is 46.7 Å². The number of carbonyl (C=O) groups is 2. The average molecular weight is 399 g/mol. The Bertz CT molecular complexity index is 922. The largest absolute Gasteiger partial charge is 0.377 e. The molecule has 156 valence electrons. The SMILES string of the molecule is CCOC1C(C)C1C(=O)NCC1CC(NC(=O)c2cccn3nccc23)C1(C)C. The van der Waals surface area contributed by atoms with Crippen LogP contribution in [0.3, 0.4) is 0 Å². The third-order valence-corrected chi connectivity index (χ3v) is 6.94. The Balaban J connectivity index is 1.30. The van der Waals surface area contributed by atoms with Crippen molar-refractivity contribution in [1.29, 1.82) is 0 Å². The summed E-state index contributed by atoms with van der Waals surface area (Å²) in [5.41, 5.74) is 1.35. The number of hydrogen-bond donors (Lipinski definition) is 2. The highest BCUT2D eigenvalue weighted by atomic mass is 16.5. The third kappa shape index (κ3) is 3.52. The molecule has 2 fully saturated rings. The molecular formula is C22H30N4O3. The number of fused-ring (bicyclic) bond motifs is 1. The zero-order valence-electron chi connectivity index (χ0n) is 17.5. The van der Waals surface area contributed by atoms with Gasteiger partial charge in [0.15, 0.2) is 0 Å². The molecule has 2 heterocycles. The van der Waals surface area contributed by atoms with Gasteiger partial charge in [0.25, 0.3) is 5.91 Å². The van der Waals surface area contributed by atoms with Gasteiger partial charge in [0, 0.05) is 25.4 Å². The summed E-state index contributed by atoms with van der Waals surface area (Å²) in [6.45, 7) is 9.60. The van der Waals surface area contributed by atoms with Gasteiger partial charge in [-0.15, -0.1) is 0 Å². The highest BCUT2D eigenvalue weighted by Gasteiger charge is 2.53. The highest BCUT2D eigenvalue weighted by molar-refractivity contribution is 6.00. The summed E-state index contributed by atoms with van der Waals surface area (Å²) in [5, 5.41) is 10.5. The fourth-order valence-electron chi connectivity index (χ4n) is 4.59. The van der Waals surface area contributed by atoms with Crippen molar-refractivity contribution in [2.24, 2.45) is 23.2 Å². The zero-order valence-corrected chi connectivity index (χ0v) is 17.5. The number of amides is 2. The lowest BCUT2D eigenvalue weighted by molar-refractivity contribution is -0.124. The minimum atomic E-state index is -0.0806. The molecule has 2 amide bonds. The molecule has 5 atom stereocenters. The maximum atomic E-state index is 12.8. The number of hydrogen-bond acceptors (Lipinski definition) is 4. The van der Waals surface area contributed by atoms with Crippen LogP contribution in [-0.2, 0) is 9.53 Å². The Labute approximate surface area is 171 Å². The van der Waals surface area contributed by atoms with Crippen LogP contribution >= 0.6 is 0 Å². The predicted molar refractivity (Wildman–Crippen MR) is 109 cm³/mol. The molecule has 0 radical (unpaired) electrons.